The first-order chi connectivity index (χ1) is 10.7. The van der Waals surface area contributed by atoms with E-state index in [2.05, 4.69) is 10.2 Å². The first kappa shape index (κ1) is 19.3. The number of likely N-dealkylation sites (N-methyl/N-ethyl adjacent to an activating group) is 1. The molecule has 0 aliphatic heterocycles. The average Bonchev–Trinajstić information content (AvgIpc) is 2.46. The molecule has 1 rings (SSSR count). The summed E-state index contributed by atoms with van der Waals surface area (Å²) in [6.07, 6.45) is -0.422. The Kier molecular flexibility index (Phi) is 7.32. The molecule has 0 radical (unpaired) electrons. The van der Waals surface area contributed by atoms with Crippen molar-refractivity contribution in [1.82, 2.24) is 10.2 Å². The fraction of sp³-hybridized carbons (Fsp3) is 0.588. The lowest BCUT2D eigenvalue weighted by Gasteiger charge is -2.28. The van der Waals surface area contributed by atoms with Gasteiger partial charge >= 0.3 is 6.09 Å². The molecule has 1 atom stereocenters. The van der Waals surface area contributed by atoms with E-state index in [9.17, 15) is 4.79 Å². The normalized spacial score (nSPS) is 12.8. The second kappa shape index (κ2) is 8.74. The standard InChI is InChI=1S/C17H29N3O3/c1-17(2,3)23-16(21)19-11-14(10-18)20(4)12-13-6-8-15(22-5)9-7-13/h6-9,14H,10-12,18H2,1-5H3,(H,19,21). The lowest BCUT2D eigenvalue weighted by molar-refractivity contribution is 0.0511. The third-order valence-corrected chi connectivity index (χ3v) is 3.37. The van der Waals surface area contributed by atoms with E-state index in [4.69, 9.17) is 15.2 Å². The minimum absolute atomic E-state index is 0.0321. The Balaban J connectivity index is 2.50. The van der Waals surface area contributed by atoms with Gasteiger partial charge in [-0.3, -0.25) is 4.90 Å². The molecule has 130 valence electrons. The lowest BCUT2D eigenvalue weighted by atomic mass is 10.1. The molecule has 1 aromatic carbocycles. The molecule has 1 unspecified atom stereocenters. The monoisotopic (exact) mass is 323 g/mol. The molecule has 0 saturated heterocycles. The Bertz CT molecular complexity index is 483. The van der Waals surface area contributed by atoms with Gasteiger partial charge in [0.25, 0.3) is 0 Å². The topological polar surface area (TPSA) is 76.8 Å². The van der Waals surface area contributed by atoms with Crippen molar-refractivity contribution in [2.75, 3.05) is 27.2 Å². The molecule has 23 heavy (non-hydrogen) atoms. The number of hydrogen-bond donors (Lipinski definition) is 2. The molecule has 0 heterocycles. The van der Waals surface area contributed by atoms with E-state index in [1.807, 2.05) is 52.1 Å². The van der Waals surface area contributed by atoms with Crippen LogP contribution in [-0.2, 0) is 11.3 Å². The first-order valence-electron chi connectivity index (χ1n) is 7.75. The van der Waals surface area contributed by atoms with Gasteiger partial charge in [-0.1, -0.05) is 12.1 Å². The minimum atomic E-state index is -0.503. The predicted molar refractivity (Wildman–Crippen MR) is 91.5 cm³/mol. The van der Waals surface area contributed by atoms with Crippen LogP contribution in [0.4, 0.5) is 4.79 Å². The highest BCUT2D eigenvalue weighted by atomic mass is 16.6. The summed E-state index contributed by atoms with van der Waals surface area (Å²) in [6.45, 7) is 7.14. The molecule has 1 amide bonds. The zero-order valence-corrected chi connectivity index (χ0v) is 14.8. The van der Waals surface area contributed by atoms with Crippen LogP contribution in [0.3, 0.4) is 0 Å². The molecule has 0 bridgehead atoms. The van der Waals surface area contributed by atoms with Crippen LogP contribution in [0, 0.1) is 0 Å². The Morgan fingerprint density at radius 1 is 1.30 bits per heavy atom. The number of amides is 1. The van der Waals surface area contributed by atoms with Crippen molar-refractivity contribution in [3.8, 4) is 5.75 Å². The molecule has 0 spiro atoms. The quantitative estimate of drug-likeness (QED) is 0.802. The molecule has 0 aliphatic rings. The summed E-state index contributed by atoms with van der Waals surface area (Å²) >= 11 is 0. The maximum Gasteiger partial charge on any atom is 0.407 e. The van der Waals surface area contributed by atoms with E-state index < -0.39 is 11.7 Å². The summed E-state index contributed by atoms with van der Waals surface area (Å²) in [4.78, 5) is 13.8. The third kappa shape index (κ3) is 7.34. The number of alkyl carbamates (subject to hydrolysis) is 1. The van der Waals surface area contributed by atoms with Crippen LogP contribution in [0.15, 0.2) is 24.3 Å². The SMILES string of the molecule is COc1ccc(CN(C)C(CN)CNC(=O)OC(C)(C)C)cc1. The van der Waals surface area contributed by atoms with Crippen LogP contribution in [-0.4, -0.2) is 49.9 Å². The number of nitrogens with one attached hydrogen (secondary N) is 1. The number of nitrogens with zero attached hydrogens (tertiary/aromatic N) is 1. The molecule has 0 aromatic heterocycles. The van der Waals surface area contributed by atoms with Gasteiger partial charge in [-0.25, -0.2) is 4.79 Å². The van der Waals surface area contributed by atoms with Crippen molar-refractivity contribution in [3.63, 3.8) is 0 Å². The largest absolute Gasteiger partial charge is 0.497 e. The van der Waals surface area contributed by atoms with Crippen LogP contribution in [0.25, 0.3) is 0 Å². The van der Waals surface area contributed by atoms with Crippen LogP contribution in [0.1, 0.15) is 26.3 Å². The second-order valence-electron chi connectivity index (χ2n) is 6.54. The summed E-state index contributed by atoms with van der Waals surface area (Å²) < 4.78 is 10.4. The van der Waals surface area contributed by atoms with Crippen LogP contribution in [0.2, 0.25) is 0 Å². The van der Waals surface area contributed by atoms with Gasteiger partial charge in [-0.15, -0.1) is 0 Å². The molecular formula is C17H29N3O3. The van der Waals surface area contributed by atoms with Crippen LogP contribution >= 0.6 is 0 Å². The van der Waals surface area contributed by atoms with Crippen molar-refractivity contribution in [3.05, 3.63) is 29.8 Å². The summed E-state index contributed by atoms with van der Waals surface area (Å²) in [5.41, 5.74) is 6.49. The number of rotatable bonds is 7. The second-order valence-corrected chi connectivity index (χ2v) is 6.54. The first-order valence-corrected chi connectivity index (χ1v) is 7.75. The minimum Gasteiger partial charge on any atom is -0.497 e. The van der Waals surface area contributed by atoms with E-state index in [-0.39, 0.29) is 6.04 Å². The van der Waals surface area contributed by atoms with Crippen molar-refractivity contribution < 1.29 is 14.3 Å². The molecule has 0 saturated carbocycles. The molecule has 3 N–H and O–H groups in total. The van der Waals surface area contributed by atoms with Crippen molar-refractivity contribution in [2.24, 2.45) is 5.73 Å². The number of methoxy groups -OCH3 is 1. The van der Waals surface area contributed by atoms with Gasteiger partial charge in [-0.2, -0.15) is 0 Å². The summed E-state index contributed by atoms with van der Waals surface area (Å²) in [7, 11) is 3.63. The highest BCUT2D eigenvalue weighted by Gasteiger charge is 2.19. The van der Waals surface area contributed by atoms with Crippen LogP contribution in [0.5, 0.6) is 5.75 Å². The predicted octanol–water partition coefficient (Wildman–Crippen LogP) is 1.98. The number of ether oxygens (including phenoxy) is 2. The number of carbonyl (C=O) groups excluding carboxylic acids is 1. The fourth-order valence-electron chi connectivity index (χ4n) is 2.08. The van der Waals surface area contributed by atoms with Gasteiger partial charge in [-0.05, 0) is 45.5 Å². The lowest BCUT2D eigenvalue weighted by Crippen LogP contribution is -2.47. The van der Waals surface area contributed by atoms with E-state index in [0.717, 1.165) is 17.9 Å². The van der Waals surface area contributed by atoms with E-state index in [1.54, 1.807) is 7.11 Å². The summed E-state index contributed by atoms with van der Waals surface area (Å²) in [6, 6.07) is 7.93. The van der Waals surface area contributed by atoms with Gasteiger partial charge < -0.3 is 20.5 Å². The molecule has 1 aromatic rings. The maximum absolute atomic E-state index is 11.7. The van der Waals surface area contributed by atoms with E-state index in [0.29, 0.717) is 13.1 Å². The highest BCUT2D eigenvalue weighted by Crippen LogP contribution is 2.13. The zero-order chi connectivity index (χ0) is 17.5. The number of benzene rings is 1. The molecular weight excluding hydrogens is 294 g/mol. The average molecular weight is 323 g/mol. The van der Waals surface area contributed by atoms with Gasteiger partial charge in [0.2, 0.25) is 0 Å². The third-order valence-electron chi connectivity index (χ3n) is 3.37. The molecule has 0 fully saturated rings. The van der Waals surface area contributed by atoms with E-state index >= 15 is 0 Å². The number of hydrogen-bond acceptors (Lipinski definition) is 5. The summed E-state index contributed by atoms with van der Waals surface area (Å²) in [5.74, 6) is 0.832. The summed E-state index contributed by atoms with van der Waals surface area (Å²) in [5, 5.41) is 2.77. The van der Waals surface area contributed by atoms with Gasteiger partial charge in [0.15, 0.2) is 0 Å². The van der Waals surface area contributed by atoms with Crippen LogP contribution < -0.4 is 15.8 Å². The Morgan fingerprint density at radius 3 is 2.39 bits per heavy atom. The van der Waals surface area contributed by atoms with Gasteiger partial charge in [0, 0.05) is 25.7 Å². The Labute approximate surface area is 138 Å². The van der Waals surface area contributed by atoms with E-state index in [1.165, 1.54) is 0 Å². The van der Waals surface area contributed by atoms with Crippen molar-refractivity contribution in [2.45, 2.75) is 39.0 Å². The van der Waals surface area contributed by atoms with Gasteiger partial charge in [0.05, 0.1) is 7.11 Å². The maximum atomic E-state index is 11.7. The smallest absolute Gasteiger partial charge is 0.407 e. The Hall–Kier alpha value is -1.79. The number of carbonyl (C=O) groups is 1. The van der Waals surface area contributed by atoms with Gasteiger partial charge in [0.1, 0.15) is 11.4 Å². The van der Waals surface area contributed by atoms with Crippen molar-refractivity contribution >= 4 is 6.09 Å². The zero-order valence-electron chi connectivity index (χ0n) is 14.8. The highest BCUT2D eigenvalue weighted by molar-refractivity contribution is 5.67. The number of nitrogens with two attached hydrogens (primary N) is 1. The molecule has 6 heteroatoms. The molecule has 6 nitrogen and oxygen atoms in total. The van der Waals surface area contributed by atoms with Crippen molar-refractivity contribution in [1.29, 1.82) is 0 Å². The molecule has 0 aliphatic carbocycles. The fourth-order valence-corrected chi connectivity index (χ4v) is 2.08. The Morgan fingerprint density at radius 2 is 1.91 bits per heavy atom.